The van der Waals surface area contributed by atoms with Gasteiger partial charge in [0.2, 0.25) is 0 Å². The highest BCUT2D eigenvalue weighted by atomic mass is 35.5. The topological polar surface area (TPSA) is 102 Å². The zero-order valence-electron chi connectivity index (χ0n) is 24.3. The average Bonchev–Trinajstić information content (AvgIpc) is 3.43. The molecule has 42 heavy (non-hydrogen) atoms. The first-order chi connectivity index (χ1) is 20.0. The van der Waals surface area contributed by atoms with Gasteiger partial charge in [-0.2, -0.15) is 0 Å². The van der Waals surface area contributed by atoms with Crippen LogP contribution in [0.3, 0.4) is 0 Å². The van der Waals surface area contributed by atoms with Crippen LogP contribution in [0.4, 0.5) is 5.69 Å². The van der Waals surface area contributed by atoms with Gasteiger partial charge in [-0.25, -0.2) is 9.97 Å². The number of amides is 1. The number of fused-ring (bicyclic) bond motifs is 3. The second-order valence-corrected chi connectivity index (χ2v) is 10.8. The molecule has 5 rings (SSSR count). The average molecular weight is 587 g/mol. The molecule has 0 saturated carbocycles. The van der Waals surface area contributed by atoms with E-state index >= 15 is 0 Å². The molecule has 0 spiro atoms. The van der Waals surface area contributed by atoms with Crippen molar-refractivity contribution in [1.82, 2.24) is 23.8 Å². The maximum atomic E-state index is 13.7. The zero-order valence-corrected chi connectivity index (χ0v) is 25.0. The van der Waals surface area contributed by atoms with E-state index in [-0.39, 0.29) is 34.0 Å². The first-order valence-electron chi connectivity index (χ1n) is 13.3. The zero-order chi connectivity index (χ0) is 30.3. The lowest BCUT2D eigenvalue weighted by molar-refractivity contribution is 0.0824. The van der Waals surface area contributed by atoms with Gasteiger partial charge < -0.3 is 14.5 Å². The van der Waals surface area contributed by atoms with Gasteiger partial charge in [0.05, 0.1) is 29.7 Å². The van der Waals surface area contributed by atoms with Crippen LogP contribution in [0.5, 0.6) is 5.75 Å². The molecule has 0 aliphatic carbocycles. The quantitative estimate of drug-likeness (QED) is 0.189. The molecule has 3 aromatic heterocycles. The molecule has 1 atom stereocenters. The van der Waals surface area contributed by atoms with E-state index in [0.717, 1.165) is 22.4 Å². The fraction of sp³-hybridized carbons (Fsp3) is 0.258. The van der Waals surface area contributed by atoms with Crippen molar-refractivity contribution in [3.63, 3.8) is 0 Å². The van der Waals surface area contributed by atoms with Gasteiger partial charge in [0, 0.05) is 27.7 Å². The van der Waals surface area contributed by atoms with Gasteiger partial charge >= 0.3 is 0 Å². The number of benzene rings is 2. The van der Waals surface area contributed by atoms with Crippen molar-refractivity contribution in [2.75, 3.05) is 26.1 Å². The predicted octanol–water partition coefficient (Wildman–Crippen LogP) is 4.83. The predicted molar refractivity (Wildman–Crippen MR) is 163 cm³/mol. The van der Waals surface area contributed by atoms with Gasteiger partial charge in [-0.05, 0) is 60.9 Å². The Hall–Kier alpha value is -4.70. The fourth-order valence-corrected chi connectivity index (χ4v) is 5.48. The number of anilines is 1. The number of carbonyl (C=O) groups is 2. The number of rotatable bonds is 8. The molecule has 0 radical (unpaired) electrons. The Morgan fingerprint density at radius 1 is 1.14 bits per heavy atom. The molecule has 2 aromatic carbocycles. The van der Waals surface area contributed by atoms with Crippen molar-refractivity contribution < 1.29 is 14.3 Å². The smallest absolute Gasteiger partial charge is 0.275 e. The Bertz CT molecular complexity index is 1890. The van der Waals surface area contributed by atoms with Crippen LogP contribution in [0.15, 0.2) is 59.7 Å². The molecule has 3 heterocycles. The second-order valence-electron chi connectivity index (χ2n) is 10.4. The van der Waals surface area contributed by atoms with Crippen LogP contribution in [0.2, 0.25) is 5.15 Å². The van der Waals surface area contributed by atoms with E-state index in [9.17, 15) is 14.4 Å². The molecule has 5 aromatic rings. The van der Waals surface area contributed by atoms with Gasteiger partial charge in [-0.15, -0.1) is 0 Å². The summed E-state index contributed by atoms with van der Waals surface area (Å²) < 4.78 is 8.59. The monoisotopic (exact) mass is 586 g/mol. The molecule has 10 nitrogen and oxygen atoms in total. The van der Waals surface area contributed by atoms with E-state index in [2.05, 4.69) is 14.9 Å². The molecule has 1 amide bonds. The SMILES string of the molecule is COc1ccc(CN(c2ccc(Cl)nc2C=O)C(C)c2cc(C)cc3c(=O)n(C)c4c(C(=O)N(C)C)ncn4c23)cc1. The van der Waals surface area contributed by atoms with Crippen molar-refractivity contribution in [2.45, 2.75) is 26.4 Å². The molecule has 0 fully saturated rings. The van der Waals surface area contributed by atoms with E-state index in [1.807, 2.05) is 50.2 Å². The minimum absolute atomic E-state index is 0.181. The molecule has 0 aliphatic rings. The Morgan fingerprint density at radius 3 is 2.50 bits per heavy atom. The molecule has 216 valence electrons. The van der Waals surface area contributed by atoms with Crippen molar-refractivity contribution >= 4 is 46.0 Å². The van der Waals surface area contributed by atoms with Gasteiger partial charge in [-0.1, -0.05) is 29.8 Å². The number of hydrogen-bond acceptors (Lipinski definition) is 7. The van der Waals surface area contributed by atoms with Crippen LogP contribution in [0.1, 0.15) is 50.6 Å². The van der Waals surface area contributed by atoms with E-state index in [1.54, 1.807) is 51.1 Å². The highest BCUT2D eigenvalue weighted by molar-refractivity contribution is 6.29. The molecular formula is C31H31ClN6O4. The number of aromatic nitrogens is 4. The summed E-state index contributed by atoms with van der Waals surface area (Å²) in [7, 11) is 6.54. The van der Waals surface area contributed by atoms with Crippen molar-refractivity contribution in [3.05, 3.63) is 98.4 Å². The third-order valence-electron chi connectivity index (χ3n) is 7.45. The number of hydrogen-bond donors (Lipinski definition) is 0. The Kier molecular flexibility index (Phi) is 7.74. The number of pyridine rings is 1. The summed E-state index contributed by atoms with van der Waals surface area (Å²) in [6, 6.07) is 14.6. The van der Waals surface area contributed by atoms with Gasteiger partial charge in [-0.3, -0.25) is 23.4 Å². The Balaban J connectivity index is 1.78. The second kappa shape index (κ2) is 11.3. The largest absolute Gasteiger partial charge is 0.497 e. The van der Waals surface area contributed by atoms with E-state index in [4.69, 9.17) is 16.3 Å². The summed E-state index contributed by atoms with van der Waals surface area (Å²) >= 11 is 6.16. The Labute approximate surface area is 247 Å². The first kappa shape index (κ1) is 28.8. The first-order valence-corrected chi connectivity index (χ1v) is 13.7. The number of imidazole rings is 1. The lowest BCUT2D eigenvalue weighted by Crippen LogP contribution is -2.29. The number of carbonyl (C=O) groups excluding carboxylic acids is 2. The number of methoxy groups -OCH3 is 1. The molecule has 0 bridgehead atoms. The van der Waals surface area contributed by atoms with Gasteiger partial charge in [0.1, 0.15) is 22.9 Å². The summed E-state index contributed by atoms with van der Waals surface area (Å²) in [5, 5.41) is 0.697. The molecule has 0 aliphatic heterocycles. The van der Waals surface area contributed by atoms with Gasteiger partial charge in [0.15, 0.2) is 17.6 Å². The highest BCUT2D eigenvalue weighted by Crippen LogP contribution is 2.35. The standard InChI is InChI=1S/C31H31ClN6O4/c1-18-13-22(28-23(14-18)30(40)36(5)29-27(31(41)35(3)4)33-17-38(28)29)19(2)37(15-20-7-9-21(42-6)10-8-20)25-11-12-26(32)34-24(25)16-39/h7-14,16-17,19H,15H2,1-6H3. The number of nitrogens with zero attached hydrogens (tertiary/aromatic N) is 6. The molecule has 1 unspecified atom stereocenters. The number of aldehydes is 1. The summed E-state index contributed by atoms with van der Waals surface area (Å²) in [6.07, 6.45) is 2.26. The maximum Gasteiger partial charge on any atom is 0.275 e. The van der Waals surface area contributed by atoms with Crippen LogP contribution in [0.25, 0.3) is 16.6 Å². The lowest BCUT2D eigenvalue weighted by Gasteiger charge is -2.33. The fourth-order valence-electron chi connectivity index (χ4n) is 5.32. The number of halogens is 1. The van der Waals surface area contributed by atoms with Crippen LogP contribution in [-0.4, -0.2) is 57.2 Å². The lowest BCUT2D eigenvalue weighted by atomic mass is 9.98. The minimum atomic E-state index is -0.373. The van der Waals surface area contributed by atoms with Crippen LogP contribution in [-0.2, 0) is 13.6 Å². The van der Waals surface area contributed by atoms with Crippen LogP contribution in [0, 0.1) is 6.92 Å². The number of aryl methyl sites for hydroxylation is 2. The summed E-state index contributed by atoms with van der Waals surface area (Å²) in [5.41, 5.74) is 4.41. The van der Waals surface area contributed by atoms with Crippen LogP contribution >= 0.6 is 11.6 Å². The van der Waals surface area contributed by atoms with Crippen molar-refractivity contribution in [3.8, 4) is 5.75 Å². The number of ether oxygens (including phenoxy) is 1. The summed E-state index contributed by atoms with van der Waals surface area (Å²) in [6.45, 7) is 4.35. The van der Waals surface area contributed by atoms with Crippen molar-refractivity contribution in [2.24, 2.45) is 7.05 Å². The molecule has 0 N–H and O–H groups in total. The Morgan fingerprint density at radius 2 is 1.86 bits per heavy atom. The molecule has 11 heteroatoms. The van der Waals surface area contributed by atoms with E-state index in [1.165, 1.54) is 9.47 Å². The summed E-state index contributed by atoms with van der Waals surface area (Å²) in [5.74, 6) is 0.420. The maximum absolute atomic E-state index is 13.7. The van der Waals surface area contributed by atoms with Gasteiger partial charge in [0.25, 0.3) is 11.5 Å². The third kappa shape index (κ3) is 4.98. The molecular weight excluding hydrogens is 556 g/mol. The third-order valence-corrected chi connectivity index (χ3v) is 7.66. The molecule has 0 saturated heterocycles. The van der Waals surface area contributed by atoms with E-state index in [0.29, 0.717) is 35.1 Å². The normalized spacial score (nSPS) is 12.0. The summed E-state index contributed by atoms with van der Waals surface area (Å²) in [4.78, 5) is 51.1. The van der Waals surface area contributed by atoms with Crippen LogP contribution < -0.4 is 15.2 Å². The minimum Gasteiger partial charge on any atom is -0.497 e. The highest BCUT2D eigenvalue weighted by Gasteiger charge is 2.27. The van der Waals surface area contributed by atoms with E-state index < -0.39 is 0 Å². The van der Waals surface area contributed by atoms with Crippen molar-refractivity contribution in [1.29, 1.82) is 0 Å².